The molecule has 2 aromatic rings. The zero-order valence-electron chi connectivity index (χ0n) is 18.5. The van der Waals surface area contributed by atoms with Gasteiger partial charge in [0.1, 0.15) is 12.4 Å². The van der Waals surface area contributed by atoms with Crippen LogP contribution in [0.3, 0.4) is 0 Å². The van der Waals surface area contributed by atoms with Crippen LogP contribution in [0, 0.1) is 0 Å². The molecule has 1 saturated heterocycles. The Balaban J connectivity index is 1.33. The normalized spacial score (nSPS) is 16.1. The highest BCUT2D eigenvalue weighted by atomic mass is 16.7. The van der Waals surface area contributed by atoms with E-state index in [1.54, 1.807) is 12.1 Å². The fourth-order valence-electron chi connectivity index (χ4n) is 3.71. The molecule has 1 atom stereocenters. The van der Waals surface area contributed by atoms with E-state index in [1.165, 1.54) is 31.9 Å². The van der Waals surface area contributed by atoms with Gasteiger partial charge in [0, 0.05) is 13.2 Å². The first-order valence-corrected chi connectivity index (χ1v) is 11.4. The van der Waals surface area contributed by atoms with Crippen LogP contribution in [-0.2, 0) is 27.2 Å². The van der Waals surface area contributed by atoms with E-state index in [9.17, 15) is 4.79 Å². The summed E-state index contributed by atoms with van der Waals surface area (Å²) < 4.78 is 22.1. The zero-order chi connectivity index (χ0) is 21.7. The Bertz CT molecular complexity index is 798. The van der Waals surface area contributed by atoms with Crippen LogP contribution in [0.1, 0.15) is 66.4 Å². The number of ether oxygens (including phenoxy) is 4. The molecule has 168 valence electrons. The van der Waals surface area contributed by atoms with Crippen molar-refractivity contribution in [3.63, 3.8) is 0 Å². The van der Waals surface area contributed by atoms with E-state index < -0.39 is 0 Å². The van der Waals surface area contributed by atoms with Crippen molar-refractivity contribution in [1.82, 2.24) is 0 Å². The average molecular weight is 427 g/mol. The van der Waals surface area contributed by atoms with Gasteiger partial charge in [-0.2, -0.15) is 0 Å². The molecule has 0 spiro atoms. The van der Waals surface area contributed by atoms with Crippen molar-refractivity contribution in [2.24, 2.45) is 0 Å². The number of aryl methyl sites for hydroxylation is 1. The summed E-state index contributed by atoms with van der Waals surface area (Å²) in [6.45, 7) is 2.05. The number of hydrogen-bond donors (Lipinski definition) is 0. The molecule has 0 radical (unpaired) electrons. The van der Waals surface area contributed by atoms with Crippen LogP contribution < -0.4 is 4.74 Å². The SMILES string of the molecule is COC(=O)c1cccc(COc2cccc(CCCCCCOC3CCCCO3)c2)c1. The zero-order valence-corrected chi connectivity index (χ0v) is 18.5. The Kier molecular flexibility index (Phi) is 9.87. The van der Waals surface area contributed by atoms with Crippen LogP contribution in [0.15, 0.2) is 48.5 Å². The number of carbonyl (C=O) groups is 1. The summed E-state index contributed by atoms with van der Waals surface area (Å²) in [7, 11) is 1.39. The van der Waals surface area contributed by atoms with E-state index in [0.717, 1.165) is 56.6 Å². The van der Waals surface area contributed by atoms with Crippen molar-refractivity contribution in [2.45, 2.75) is 64.3 Å². The van der Waals surface area contributed by atoms with Gasteiger partial charge in [0.25, 0.3) is 0 Å². The maximum Gasteiger partial charge on any atom is 0.337 e. The smallest absolute Gasteiger partial charge is 0.337 e. The van der Waals surface area contributed by atoms with Gasteiger partial charge in [0.15, 0.2) is 6.29 Å². The molecule has 0 N–H and O–H groups in total. The van der Waals surface area contributed by atoms with Gasteiger partial charge in [-0.25, -0.2) is 4.79 Å². The Hall–Kier alpha value is -2.37. The summed E-state index contributed by atoms with van der Waals surface area (Å²) in [6, 6.07) is 15.6. The Labute approximate surface area is 185 Å². The van der Waals surface area contributed by atoms with E-state index in [-0.39, 0.29) is 12.3 Å². The minimum Gasteiger partial charge on any atom is -0.489 e. The molecule has 0 amide bonds. The van der Waals surface area contributed by atoms with Crippen LogP contribution in [0.5, 0.6) is 5.75 Å². The second kappa shape index (κ2) is 13.1. The van der Waals surface area contributed by atoms with Crippen LogP contribution in [0.2, 0.25) is 0 Å². The van der Waals surface area contributed by atoms with Gasteiger partial charge >= 0.3 is 5.97 Å². The maximum absolute atomic E-state index is 11.7. The standard InChI is InChI=1S/C26H34O5/c1-28-26(27)23-13-8-12-22(18-23)20-31-24-14-9-11-21(19-24)10-4-2-3-6-16-29-25-15-5-7-17-30-25/h8-9,11-14,18-19,25H,2-7,10,15-17,20H2,1H3. The van der Waals surface area contributed by atoms with Crippen molar-refractivity contribution < 1.29 is 23.7 Å². The topological polar surface area (TPSA) is 54.0 Å². The van der Waals surface area contributed by atoms with Crippen LogP contribution in [0.4, 0.5) is 0 Å². The first-order valence-electron chi connectivity index (χ1n) is 11.4. The second-order valence-corrected chi connectivity index (χ2v) is 7.96. The van der Waals surface area contributed by atoms with Crippen molar-refractivity contribution in [2.75, 3.05) is 20.3 Å². The molecule has 0 aromatic heterocycles. The number of methoxy groups -OCH3 is 1. The number of hydrogen-bond acceptors (Lipinski definition) is 5. The Morgan fingerprint density at radius 3 is 2.68 bits per heavy atom. The predicted octanol–water partition coefficient (Wildman–Crippen LogP) is 5.70. The summed E-state index contributed by atoms with van der Waals surface area (Å²) in [5.74, 6) is 0.514. The van der Waals surface area contributed by atoms with Crippen LogP contribution in [0.25, 0.3) is 0 Å². The highest BCUT2D eigenvalue weighted by Crippen LogP contribution is 2.18. The maximum atomic E-state index is 11.7. The predicted molar refractivity (Wildman–Crippen MR) is 120 cm³/mol. The van der Waals surface area contributed by atoms with Crippen molar-refractivity contribution in [1.29, 1.82) is 0 Å². The molecular weight excluding hydrogens is 392 g/mol. The van der Waals surface area contributed by atoms with Gasteiger partial charge in [-0.05, 0) is 73.9 Å². The van der Waals surface area contributed by atoms with Crippen molar-refractivity contribution >= 4 is 5.97 Å². The molecule has 1 aliphatic rings. The lowest BCUT2D eigenvalue weighted by Crippen LogP contribution is -2.22. The molecule has 3 rings (SSSR count). The van der Waals surface area contributed by atoms with E-state index >= 15 is 0 Å². The van der Waals surface area contributed by atoms with Gasteiger partial charge < -0.3 is 18.9 Å². The second-order valence-electron chi connectivity index (χ2n) is 7.96. The average Bonchev–Trinajstić information content (AvgIpc) is 2.83. The first kappa shape index (κ1) is 23.3. The number of carbonyl (C=O) groups excluding carboxylic acids is 1. The molecule has 5 nitrogen and oxygen atoms in total. The van der Waals surface area contributed by atoms with Crippen molar-refractivity contribution in [3.8, 4) is 5.75 Å². The monoisotopic (exact) mass is 426 g/mol. The van der Waals surface area contributed by atoms with Gasteiger partial charge in [0.05, 0.1) is 12.7 Å². The van der Waals surface area contributed by atoms with Gasteiger partial charge in [0.2, 0.25) is 0 Å². The third-order valence-corrected chi connectivity index (χ3v) is 5.45. The lowest BCUT2D eigenvalue weighted by Gasteiger charge is -2.22. The summed E-state index contributed by atoms with van der Waals surface area (Å²) in [4.78, 5) is 11.7. The van der Waals surface area contributed by atoms with Gasteiger partial charge in [-0.15, -0.1) is 0 Å². The minimum absolute atomic E-state index is 0.0273. The van der Waals surface area contributed by atoms with E-state index in [0.29, 0.717) is 12.2 Å². The van der Waals surface area contributed by atoms with Gasteiger partial charge in [-0.1, -0.05) is 37.1 Å². The molecule has 31 heavy (non-hydrogen) atoms. The summed E-state index contributed by atoms with van der Waals surface area (Å²) >= 11 is 0. The summed E-state index contributed by atoms with van der Waals surface area (Å²) in [5, 5.41) is 0. The third kappa shape index (κ3) is 8.35. The molecule has 2 aromatic carbocycles. The van der Waals surface area contributed by atoms with Crippen LogP contribution in [-0.4, -0.2) is 32.6 Å². The lowest BCUT2D eigenvalue weighted by atomic mass is 10.1. The highest BCUT2D eigenvalue weighted by Gasteiger charge is 2.13. The number of benzene rings is 2. The molecule has 5 heteroatoms. The van der Waals surface area contributed by atoms with Crippen molar-refractivity contribution in [3.05, 3.63) is 65.2 Å². The quantitative estimate of drug-likeness (QED) is 0.322. The lowest BCUT2D eigenvalue weighted by molar-refractivity contribution is -0.162. The Morgan fingerprint density at radius 2 is 1.84 bits per heavy atom. The number of esters is 1. The minimum atomic E-state index is -0.335. The fourth-order valence-corrected chi connectivity index (χ4v) is 3.71. The summed E-state index contributed by atoms with van der Waals surface area (Å²) in [6.07, 6.45) is 9.11. The molecule has 0 bridgehead atoms. The molecule has 1 aliphatic heterocycles. The molecule has 1 fully saturated rings. The Morgan fingerprint density at radius 1 is 1.00 bits per heavy atom. The first-order chi connectivity index (χ1) is 15.2. The summed E-state index contributed by atoms with van der Waals surface area (Å²) in [5.41, 5.74) is 2.76. The van der Waals surface area contributed by atoms with Gasteiger partial charge in [-0.3, -0.25) is 0 Å². The number of rotatable bonds is 12. The third-order valence-electron chi connectivity index (χ3n) is 5.45. The van der Waals surface area contributed by atoms with E-state index in [4.69, 9.17) is 18.9 Å². The molecule has 1 heterocycles. The molecule has 0 saturated carbocycles. The molecule has 0 aliphatic carbocycles. The van der Waals surface area contributed by atoms with E-state index in [2.05, 4.69) is 12.1 Å². The largest absolute Gasteiger partial charge is 0.489 e. The number of unbranched alkanes of at least 4 members (excludes halogenated alkanes) is 3. The van der Waals surface area contributed by atoms with E-state index in [1.807, 2.05) is 24.3 Å². The highest BCUT2D eigenvalue weighted by molar-refractivity contribution is 5.89. The molecular formula is C26H34O5. The molecule has 1 unspecified atom stereocenters. The van der Waals surface area contributed by atoms with Crippen LogP contribution >= 0.6 is 0 Å². The fraction of sp³-hybridized carbons (Fsp3) is 0.500.